The molecule has 0 N–H and O–H groups in total. The zero-order valence-corrected chi connectivity index (χ0v) is 8.41. The number of thioether (sulfide) groups is 1. The van der Waals surface area contributed by atoms with Gasteiger partial charge in [0.25, 0.3) is 0 Å². The highest BCUT2D eigenvalue weighted by molar-refractivity contribution is 8.07. The molecule has 64 valence electrons. The van der Waals surface area contributed by atoms with Crippen molar-refractivity contribution in [3.8, 4) is 0 Å². The van der Waals surface area contributed by atoms with Crippen LogP contribution in [0.4, 0.5) is 0 Å². The Bertz CT molecular complexity index is 141. The summed E-state index contributed by atoms with van der Waals surface area (Å²) in [6.45, 7) is 4.86. The zero-order valence-electron chi connectivity index (χ0n) is 7.60. The van der Waals surface area contributed by atoms with Crippen LogP contribution >= 0.6 is 11.8 Å². The molecule has 0 spiro atoms. The summed E-state index contributed by atoms with van der Waals surface area (Å²) >= 11 is 2.18. The number of hydrogen-bond acceptors (Lipinski definition) is 1. The second kappa shape index (κ2) is 2.69. The van der Waals surface area contributed by atoms with Crippen LogP contribution in [0.5, 0.6) is 0 Å². The smallest absolute Gasteiger partial charge is 0.0251 e. The van der Waals surface area contributed by atoms with Crippen LogP contribution < -0.4 is 0 Å². The van der Waals surface area contributed by atoms with Gasteiger partial charge in [-0.2, -0.15) is 11.8 Å². The highest BCUT2D eigenvalue weighted by atomic mass is 32.2. The molecule has 2 rings (SSSR count). The van der Waals surface area contributed by atoms with Crippen molar-refractivity contribution in [3.05, 3.63) is 0 Å². The van der Waals surface area contributed by atoms with E-state index in [-0.39, 0.29) is 0 Å². The standard InChI is InChI=1S/C10H18S/c1-8-3-5-9(6-4-8)10(2)7-11-10/h8-9H,3-7H2,1-2H3. The molecule has 1 heteroatoms. The second-order valence-electron chi connectivity index (χ2n) is 4.56. The number of hydrogen-bond donors (Lipinski definition) is 0. The molecule has 0 aromatic carbocycles. The molecule has 1 aliphatic carbocycles. The molecule has 1 aliphatic heterocycles. The van der Waals surface area contributed by atoms with Crippen molar-refractivity contribution in [2.45, 2.75) is 44.3 Å². The summed E-state index contributed by atoms with van der Waals surface area (Å²) in [6, 6.07) is 0. The van der Waals surface area contributed by atoms with E-state index in [4.69, 9.17) is 0 Å². The van der Waals surface area contributed by atoms with E-state index in [1.54, 1.807) is 0 Å². The Hall–Kier alpha value is 0.350. The van der Waals surface area contributed by atoms with Gasteiger partial charge in [-0.25, -0.2) is 0 Å². The van der Waals surface area contributed by atoms with E-state index in [0.717, 1.165) is 16.6 Å². The third kappa shape index (κ3) is 1.58. The van der Waals surface area contributed by atoms with E-state index in [9.17, 15) is 0 Å². The van der Waals surface area contributed by atoms with Gasteiger partial charge in [0.05, 0.1) is 0 Å². The van der Waals surface area contributed by atoms with Crippen LogP contribution in [0.2, 0.25) is 0 Å². The average molecular weight is 170 g/mol. The van der Waals surface area contributed by atoms with E-state index in [2.05, 4.69) is 25.6 Å². The SMILES string of the molecule is CC1CCC(C2(C)CS2)CC1. The van der Waals surface area contributed by atoms with Gasteiger partial charge in [-0.3, -0.25) is 0 Å². The van der Waals surface area contributed by atoms with Crippen LogP contribution in [-0.4, -0.2) is 10.5 Å². The first-order valence-corrected chi connectivity index (χ1v) is 5.83. The van der Waals surface area contributed by atoms with Gasteiger partial charge in [-0.05, 0) is 31.6 Å². The van der Waals surface area contributed by atoms with Crippen LogP contribution in [0.3, 0.4) is 0 Å². The van der Waals surface area contributed by atoms with Crippen LogP contribution in [0.15, 0.2) is 0 Å². The fraction of sp³-hybridized carbons (Fsp3) is 1.00. The van der Waals surface area contributed by atoms with Gasteiger partial charge in [0.1, 0.15) is 0 Å². The van der Waals surface area contributed by atoms with Gasteiger partial charge in [-0.1, -0.05) is 19.8 Å². The molecule has 2 aliphatic rings. The lowest BCUT2D eigenvalue weighted by molar-refractivity contribution is 0.266. The normalized spacial score (nSPS) is 50.7. The Labute approximate surface area is 74.1 Å². The predicted molar refractivity (Wildman–Crippen MR) is 52.0 cm³/mol. The van der Waals surface area contributed by atoms with Crippen molar-refractivity contribution >= 4 is 11.8 Å². The molecule has 1 unspecified atom stereocenters. The molecule has 11 heavy (non-hydrogen) atoms. The quantitative estimate of drug-likeness (QED) is 0.544. The minimum atomic E-state index is 0.722. The summed E-state index contributed by atoms with van der Waals surface area (Å²) in [5, 5.41) is 0. The first kappa shape index (κ1) is 7.97. The van der Waals surface area contributed by atoms with Gasteiger partial charge >= 0.3 is 0 Å². The van der Waals surface area contributed by atoms with Crippen molar-refractivity contribution in [1.29, 1.82) is 0 Å². The van der Waals surface area contributed by atoms with Crippen molar-refractivity contribution in [2.75, 3.05) is 5.75 Å². The first-order chi connectivity index (χ1) is 5.21. The summed E-state index contributed by atoms with van der Waals surface area (Å²) in [5.41, 5.74) is 0. The molecule has 2 fully saturated rings. The molecule has 0 amide bonds. The molecule has 1 saturated carbocycles. The Morgan fingerprint density at radius 1 is 1.18 bits per heavy atom. The summed E-state index contributed by atoms with van der Waals surface area (Å²) < 4.78 is 0.722. The fourth-order valence-corrected chi connectivity index (χ4v) is 3.16. The zero-order chi connectivity index (χ0) is 7.90. The topological polar surface area (TPSA) is 0 Å². The Kier molecular flexibility index (Phi) is 1.95. The maximum Gasteiger partial charge on any atom is 0.0251 e. The van der Waals surface area contributed by atoms with Crippen molar-refractivity contribution in [1.82, 2.24) is 0 Å². The maximum atomic E-state index is 2.46. The van der Waals surface area contributed by atoms with Gasteiger partial charge in [0.15, 0.2) is 0 Å². The molecule has 1 heterocycles. The molecule has 0 aromatic heterocycles. The molecule has 0 bridgehead atoms. The van der Waals surface area contributed by atoms with Crippen molar-refractivity contribution < 1.29 is 0 Å². The predicted octanol–water partition coefficient (Wildman–Crippen LogP) is 3.32. The summed E-state index contributed by atoms with van der Waals surface area (Å²) in [6.07, 6.45) is 5.98. The monoisotopic (exact) mass is 170 g/mol. The van der Waals surface area contributed by atoms with E-state index in [1.165, 1.54) is 31.4 Å². The lowest BCUT2D eigenvalue weighted by Gasteiger charge is -2.29. The van der Waals surface area contributed by atoms with E-state index in [0.29, 0.717) is 0 Å². The molecule has 1 atom stereocenters. The third-order valence-corrected chi connectivity index (χ3v) is 5.01. The second-order valence-corrected chi connectivity index (χ2v) is 6.07. The third-order valence-electron chi connectivity index (χ3n) is 3.48. The largest absolute Gasteiger partial charge is 0.153 e. The summed E-state index contributed by atoms with van der Waals surface area (Å²) in [7, 11) is 0. The van der Waals surface area contributed by atoms with Gasteiger partial charge in [0, 0.05) is 10.5 Å². The lowest BCUT2D eigenvalue weighted by atomic mass is 9.77. The van der Waals surface area contributed by atoms with Crippen LogP contribution in [0.1, 0.15) is 39.5 Å². The Morgan fingerprint density at radius 2 is 1.73 bits per heavy atom. The Morgan fingerprint density at radius 3 is 2.18 bits per heavy atom. The summed E-state index contributed by atoms with van der Waals surface area (Å²) in [5.74, 6) is 3.51. The molecule has 0 aromatic rings. The minimum Gasteiger partial charge on any atom is -0.153 e. The summed E-state index contributed by atoms with van der Waals surface area (Å²) in [4.78, 5) is 0. The van der Waals surface area contributed by atoms with Crippen LogP contribution in [0, 0.1) is 11.8 Å². The molecular weight excluding hydrogens is 152 g/mol. The molecule has 1 saturated heterocycles. The van der Waals surface area contributed by atoms with Crippen LogP contribution in [0.25, 0.3) is 0 Å². The lowest BCUT2D eigenvalue weighted by Crippen LogP contribution is -2.24. The van der Waals surface area contributed by atoms with E-state index < -0.39 is 0 Å². The fourth-order valence-electron chi connectivity index (χ4n) is 2.22. The van der Waals surface area contributed by atoms with E-state index in [1.807, 2.05) is 0 Å². The number of rotatable bonds is 1. The van der Waals surface area contributed by atoms with Crippen molar-refractivity contribution in [2.24, 2.45) is 11.8 Å². The average Bonchev–Trinajstić information content (AvgIpc) is 2.70. The molecule has 0 nitrogen and oxygen atoms in total. The van der Waals surface area contributed by atoms with Crippen LogP contribution in [-0.2, 0) is 0 Å². The molecule has 0 radical (unpaired) electrons. The van der Waals surface area contributed by atoms with Gasteiger partial charge in [-0.15, -0.1) is 0 Å². The van der Waals surface area contributed by atoms with Gasteiger partial charge < -0.3 is 0 Å². The first-order valence-electron chi connectivity index (χ1n) is 4.85. The highest BCUT2D eigenvalue weighted by Crippen LogP contribution is 2.54. The minimum absolute atomic E-state index is 0.722. The molecular formula is C10H18S. The van der Waals surface area contributed by atoms with Gasteiger partial charge in [0.2, 0.25) is 0 Å². The maximum absolute atomic E-state index is 2.46. The Balaban J connectivity index is 1.87. The van der Waals surface area contributed by atoms with Crippen molar-refractivity contribution in [3.63, 3.8) is 0 Å². The van der Waals surface area contributed by atoms with E-state index >= 15 is 0 Å². The highest BCUT2D eigenvalue weighted by Gasteiger charge is 2.46.